The summed E-state index contributed by atoms with van der Waals surface area (Å²) in [7, 11) is 0. The van der Waals surface area contributed by atoms with E-state index < -0.39 is 0 Å². The third kappa shape index (κ3) is 5.05. The number of piperazine rings is 1. The molecule has 1 fully saturated rings. The second kappa shape index (κ2) is 10.2. The Morgan fingerprint density at radius 2 is 1.47 bits per heavy atom. The van der Waals surface area contributed by atoms with E-state index in [1.807, 2.05) is 4.90 Å². The Kier molecular flexibility index (Phi) is 6.62. The largest absolute Gasteiger partial charge is 0.485 e. The van der Waals surface area contributed by atoms with Crippen LogP contribution < -0.4 is 9.64 Å². The van der Waals surface area contributed by atoms with Crippen LogP contribution in [0.25, 0.3) is 5.69 Å². The maximum atomic E-state index is 14.2. The first-order valence-electron chi connectivity index (χ1n) is 11.5. The lowest BCUT2D eigenvalue weighted by atomic mass is 10.2. The van der Waals surface area contributed by atoms with Gasteiger partial charge in [0.2, 0.25) is 0 Å². The summed E-state index contributed by atoms with van der Waals surface area (Å²) in [5.74, 6) is -1.11. The molecule has 1 aromatic heterocycles. The number of para-hydroxylation sites is 1. The van der Waals surface area contributed by atoms with E-state index in [0.29, 0.717) is 37.6 Å². The summed E-state index contributed by atoms with van der Waals surface area (Å²) >= 11 is 0. The molecule has 6 nitrogen and oxygen atoms in total. The van der Waals surface area contributed by atoms with E-state index in [4.69, 9.17) is 4.74 Å². The van der Waals surface area contributed by atoms with E-state index in [1.54, 1.807) is 53.6 Å². The number of carbonyl (C=O) groups is 1. The van der Waals surface area contributed by atoms with Crippen LogP contribution in [0.3, 0.4) is 0 Å². The molecule has 1 amide bonds. The minimum Gasteiger partial charge on any atom is -0.485 e. The van der Waals surface area contributed by atoms with Crippen molar-refractivity contribution in [3.05, 3.63) is 108 Å². The summed E-state index contributed by atoms with van der Waals surface area (Å²) in [6, 6.07) is 18.1. The van der Waals surface area contributed by atoms with Gasteiger partial charge in [0.1, 0.15) is 24.1 Å². The molecule has 0 spiro atoms. The van der Waals surface area contributed by atoms with Crippen molar-refractivity contribution in [1.82, 2.24) is 14.7 Å². The van der Waals surface area contributed by atoms with E-state index in [-0.39, 0.29) is 41.4 Å². The zero-order chi connectivity index (χ0) is 25.1. The quantitative estimate of drug-likeness (QED) is 0.387. The van der Waals surface area contributed by atoms with Gasteiger partial charge in [-0.3, -0.25) is 4.79 Å². The summed E-state index contributed by atoms with van der Waals surface area (Å²) in [6.07, 6.45) is 1.57. The first-order chi connectivity index (χ1) is 17.5. The van der Waals surface area contributed by atoms with Crippen molar-refractivity contribution in [1.29, 1.82) is 0 Å². The average molecular weight is 493 g/mol. The van der Waals surface area contributed by atoms with Gasteiger partial charge in [-0.1, -0.05) is 24.3 Å². The van der Waals surface area contributed by atoms with Crippen LogP contribution in [0, 0.1) is 17.5 Å². The van der Waals surface area contributed by atoms with Crippen LogP contribution in [0.1, 0.15) is 16.1 Å². The van der Waals surface area contributed by atoms with Gasteiger partial charge in [-0.05, 0) is 54.1 Å². The molecule has 0 N–H and O–H groups in total. The molecule has 9 heteroatoms. The highest BCUT2D eigenvalue weighted by atomic mass is 19.1. The molecule has 2 heterocycles. The van der Waals surface area contributed by atoms with E-state index in [0.717, 1.165) is 5.56 Å². The summed E-state index contributed by atoms with van der Waals surface area (Å²) < 4.78 is 48.2. The molecule has 0 saturated carbocycles. The van der Waals surface area contributed by atoms with Gasteiger partial charge < -0.3 is 14.5 Å². The van der Waals surface area contributed by atoms with Crippen molar-refractivity contribution in [2.75, 3.05) is 31.1 Å². The number of carbonyl (C=O) groups excluding carboxylic acids is 1. The second-order valence-electron chi connectivity index (χ2n) is 8.41. The van der Waals surface area contributed by atoms with Crippen LogP contribution in [-0.4, -0.2) is 46.8 Å². The third-order valence-corrected chi connectivity index (χ3v) is 6.04. The van der Waals surface area contributed by atoms with E-state index in [2.05, 4.69) is 5.10 Å². The minimum atomic E-state index is -0.386. The number of aromatic nitrogens is 2. The number of rotatable bonds is 6. The predicted octanol–water partition coefficient (Wildman–Crippen LogP) is 4.83. The standard InChI is InChI=1S/C27H23F3N4O2/c28-20-7-5-19(6-8-20)18-36-25-17-34(22-11-9-21(29)10-12-22)31-26(25)27(35)33-15-13-32(14-16-33)24-4-2-1-3-23(24)30/h1-12,17H,13-16,18H2. The lowest BCUT2D eigenvalue weighted by Gasteiger charge is -2.36. The number of nitrogens with zero attached hydrogens (tertiary/aromatic N) is 4. The van der Waals surface area contributed by atoms with Crippen molar-refractivity contribution >= 4 is 11.6 Å². The number of hydrogen-bond acceptors (Lipinski definition) is 4. The molecule has 36 heavy (non-hydrogen) atoms. The van der Waals surface area contributed by atoms with Crippen molar-refractivity contribution in [2.45, 2.75) is 6.61 Å². The number of anilines is 1. The first kappa shape index (κ1) is 23.5. The first-order valence-corrected chi connectivity index (χ1v) is 11.5. The third-order valence-electron chi connectivity index (χ3n) is 6.04. The van der Waals surface area contributed by atoms with Gasteiger partial charge in [-0.15, -0.1) is 0 Å². The summed E-state index contributed by atoms with van der Waals surface area (Å²) in [4.78, 5) is 17.0. The van der Waals surface area contributed by atoms with Crippen LogP contribution >= 0.6 is 0 Å². The zero-order valence-corrected chi connectivity index (χ0v) is 19.3. The molecule has 184 valence electrons. The Labute approximate surface area is 206 Å². The Morgan fingerprint density at radius 3 is 2.14 bits per heavy atom. The van der Waals surface area contributed by atoms with Crippen LogP contribution in [-0.2, 0) is 6.61 Å². The van der Waals surface area contributed by atoms with Crippen molar-refractivity contribution in [2.24, 2.45) is 0 Å². The van der Waals surface area contributed by atoms with Gasteiger partial charge in [-0.2, -0.15) is 5.10 Å². The summed E-state index contributed by atoms with van der Waals surface area (Å²) in [6.45, 7) is 1.81. The normalized spacial score (nSPS) is 13.6. The van der Waals surface area contributed by atoms with Crippen LogP contribution in [0.2, 0.25) is 0 Å². The zero-order valence-electron chi connectivity index (χ0n) is 19.3. The Morgan fingerprint density at radius 1 is 0.833 bits per heavy atom. The number of hydrogen-bond donors (Lipinski definition) is 0. The predicted molar refractivity (Wildman–Crippen MR) is 129 cm³/mol. The molecule has 1 aliphatic rings. The van der Waals surface area contributed by atoms with Crippen LogP contribution in [0.4, 0.5) is 18.9 Å². The number of benzene rings is 3. The van der Waals surface area contributed by atoms with Crippen molar-refractivity contribution in [3.63, 3.8) is 0 Å². The molecule has 0 radical (unpaired) electrons. The SMILES string of the molecule is O=C(c1nn(-c2ccc(F)cc2)cc1OCc1ccc(F)cc1)N1CCN(c2ccccc2F)CC1. The van der Waals surface area contributed by atoms with E-state index in [1.165, 1.54) is 35.0 Å². The van der Waals surface area contributed by atoms with Gasteiger partial charge in [-0.25, -0.2) is 17.9 Å². The Hall–Kier alpha value is -4.27. The number of halogens is 3. The lowest BCUT2D eigenvalue weighted by Crippen LogP contribution is -2.49. The van der Waals surface area contributed by atoms with E-state index in [9.17, 15) is 18.0 Å². The van der Waals surface area contributed by atoms with Crippen molar-refractivity contribution < 1.29 is 22.7 Å². The van der Waals surface area contributed by atoms with Gasteiger partial charge in [0.15, 0.2) is 11.4 Å². The molecule has 0 aliphatic carbocycles. The summed E-state index contributed by atoms with van der Waals surface area (Å²) in [5, 5.41) is 4.45. The van der Waals surface area contributed by atoms with Crippen LogP contribution in [0.15, 0.2) is 79.0 Å². The Balaban J connectivity index is 1.36. The highest BCUT2D eigenvalue weighted by Crippen LogP contribution is 2.25. The molecule has 0 unspecified atom stereocenters. The molecule has 4 aromatic rings. The monoisotopic (exact) mass is 492 g/mol. The minimum absolute atomic E-state index is 0.108. The smallest absolute Gasteiger partial charge is 0.278 e. The van der Waals surface area contributed by atoms with Gasteiger partial charge in [0, 0.05) is 26.2 Å². The molecule has 0 atom stereocenters. The van der Waals surface area contributed by atoms with Crippen LogP contribution in [0.5, 0.6) is 5.75 Å². The number of amides is 1. The molecule has 5 rings (SSSR count). The number of ether oxygens (including phenoxy) is 1. The molecular weight excluding hydrogens is 469 g/mol. The molecule has 1 aliphatic heterocycles. The maximum absolute atomic E-state index is 14.2. The fourth-order valence-corrected chi connectivity index (χ4v) is 4.09. The highest BCUT2D eigenvalue weighted by Gasteiger charge is 2.28. The Bertz CT molecular complexity index is 1350. The van der Waals surface area contributed by atoms with Crippen molar-refractivity contribution in [3.8, 4) is 11.4 Å². The molecule has 3 aromatic carbocycles. The molecule has 0 bridgehead atoms. The molecule has 1 saturated heterocycles. The topological polar surface area (TPSA) is 50.6 Å². The van der Waals surface area contributed by atoms with Gasteiger partial charge in [0.05, 0.1) is 17.6 Å². The fourth-order valence-electron chi connectivity index (χ4n) is 4.09. The molecular formula is C27H23F3N4O2. The highest BCUT2D eigenvalue weighted by molar-refractivity contribution is 5.95. The maximum Gasteiger partial charge on any atom is 0.278 e. The van der Waals surface area contributed by atoms with Gasteiger partial charge in [0.25, 0.3) is 5.91 Å². The fraction of sp³-hybridized carbons (Fsp3) is 0.185. The summed E-state index contributed by atoms with van der Waals surface area (Å²) in [5.41, 5.74) is 1.91. The van der Waals surface area contributed by atoms with E-state index >= 15 is 0 Å². The second-order valence-corrected chi connectivity index (χ2v) is 8.41. The van der Waals surface area contributed by atoms with Gasteiger partial charge >= 0.3 is 0 Å². The lowest BCUT2D eigenvalue weighted by molar-refractivity contribution is 0.0735. The average Bonchev–Trinajstić information content (AvgIpc) is 3.33.